The van der Waals surface area contributed by atoms with Gasteiger partial charge in [-0.15, -0.1) is 68.0 Å². The van der Waals surface area contributed by atoms with Crippen molar-refractivity contribution in [1.29, 1.82) is 0 Å². The van der Waals surface area contributed by atoms with Crippen LogP contribution in [0.3, 0.4) is 0 Å². The summed E-state index contributed by atoms with van der Waals surface area (Å²) in [6.45, 7) is 4.71. The number of carboxylic acid groups (broad SMARTS) is 3. The number of pyridine rings is 1. The molecule has 508 valence electrons. The molecule has 7 heterocycles. The minimum atomic E-state index is -1.12. The summed E-state index contributed by atoms with van der Waals surface area (Å²) in [5.74, 6) is -6.94. The summed E-state index contributed by atoms with van der Waals surface area (Å²) in [5, 5.41) is 59.3. The minimum Gasteiger partial charge on any atom is -0.481 e. The first-order valence-corrected chi connectivity index (χ1v) is 35.1. The molecule has 0 saturated carbocycles. The first kappa shape index (κ1) is 72.9. The number of ether oxygens (including phenoxy) is 2. The first-order chi connectivity index (χ1) is 46.0. The van der Waals surface area contributed by atoms with Crippen molar-refractivity contribution in [2.45, 2.75) is 110 Å². The summed E-state index contributed by atoms with van der Waals surface area (Å²) in [4.78, 5) is 150. The number of rotatable bonds is 36. The number of aryl methyl sites for hydroxylation is 1. The van der Waals surface area contributed by atoms with Crippen molar-refractivity contribution in [2.75, 3.05) is 38.8 Å². The Morgan fingerprint density at radius 3 is 2.07 bits per heavy atom. The SMILES string of the molecule is CNC(=O)C[C@H](NC(=O)c1csc(-c2ccc(-c3nc(N(CCCCC(=O)O)C(=O)OCC(CCCCC(=O)O)CC(=O)O)cs3)nc2-c2csc(-c3csc(C[C@@H](O)c4ccccc4)n3)n2)n1)c1nc(C(=O)N[C@H](c2nc(C(=O)NCC(N)=O)c(COC)s2)C(C)C)c(C)s1. The maximum atomic E-state index is 14.4. The smallest absolute Gasteiger partial charge is 0.415 e. The molecule has 34 heteroatoms. The Kier molecular flexibility index (Phi) is 26.3. The van der Waals surface area contributed by atoms with E-state index in [1.165, 1.54) is 47.1 Å². The summed E-state index contributed by atoms with van der Waals surface area (Å²) in [5.41, 5.74) is 8.06. The summed E-state index contributed by atoms with van der Waals surface area (Å²) in [6, 6.07) is 10.9. The molecular formula is C62H69N13O15S6. The molecule has 8 rings (SSSR count). The number of primary amides is 1. The second kappa shape index (κ2) is 34.7. The number of nitrogens with one attached hydrogen (secondary N) is 4. The number of anilines is 1. The van der Waals surface area contributed by atoms with Crippen molar-refractivity contribution in [3.8, 4) is 43.4 Å². The summed E-state index contributed by atoms with van der Waals surface area (Å²) in [6.07, 6.45) is -0.794. The van der Waals surface area contributed by atoms with Gasteiger partial charge in [0.05, 0.1) is 66.4 Å². The van der Waals surface area contributed by atoms with Crippen molar-refractivity contribution >= 4 is 127 Å². The third-order valence-corrected chi connectivity index (χ3v) is 20.1. The third-order valence-electron chi connectivity index (χ3n) is 14.5. The van der Waals surface area contributed by atoms with E-state index < -0.39 is 84.2 Å². The van der Waals surface area contributed by atoms with E-state index in [1.54, 1.807) is 29.8 Å². The number of hydrogen-bond acceptors (Lipinski definition) is 25. The van der Waals surface area contributed by atoms with Crippen LogP contribution in [0, 0.1) is 18.8 Å². The quantitative estimate of drug-likeness (QED) is 0.0165. The van der Waals surface area contributed by atoms with Crippen molar-refractivity contribution in [3.63, 3.8) is 0 Å². The Hall–Kier alpha value is -8.90. The number of methoxy groups -OCH3 is 1. The maximum Gasteiger partial charge on any atom is 0.415 e. The van der Waals surface area contributed by atoms with Gasteiger partial charge < -0.3 is 56.9 Å². The largest absolute Gasteiger partial charge is 0.481 e. The molecule has 1 aromatic carbocycles. The van der Waals surface area contributed by atoms with E-state index in [0.717, 1.165) is 50.9 Å². The molecule has 28 nitrogen and oxygen atoms in total. The first-order valence-electron chi connectivity index (χ1n) is 30.0. The number of carbonyl (C=O) groups excluding carboxylic acids is 6. The standard InChI is InChI=1S/C62H69N13O15S6/c1-31(2)50(61-74-53(42(96-61)26-89-5)55(86)65-24-43(63)77)72-56(87)51-32(3)95-60(73-51)37(22-45(78)64-4)68-54(85)39-28-92-57(70-39)35-18-19-36(67-52(35)38-27-93-59(69-38)40-29-91-46(66-40)23-41(76)34-14-7-6-8-15-34)58-71-44(30-94-58)75(20-12-11-17-48(81)82)62(88)90-25-33(21-49(83)84)13-9-10-16-47(79)80/h6-8,14-15,18-19,27-31,33,37,41,50,76H,9-13,16-17,20-26H2,1-5H3,(H2,63,77)(H,64,78)(H,65,86)(H,68,85)(H,72,87)(H,79,80)(H,81,82)(H,83,84)/t33?,37-,41+,50-/m0/s1. The Morgan fingerprint density at radius 2 is 1.38 bits per heavy atom. The molecule has 0 aliphatic heterocycles. The summed E-state index contributed by atoms with van der Waals surface area (Å²) >= 11 is 7.20. The van der Waals surface area contributed by atoms with Crippen molar-refractivity contribution in [2.24, 2.45) is 17.6 Å². The lowest BCUT2D eigenvalue weighted by atomic mass is 9.98. The number of carboxylic acids is 3. The van der Waals surface area contributed by atoms with Crippen LogP contribution in [0.4, 0.5) is 10.6 Å². The second-order valence-corrected chi connectivity index (χ2v) is 27.9. The molecule has 0 aliphatic rings. The van der Waals surface area contributed by atoms with E-state index >= 15 is 0 Å². The Morgan fingerprint density at radius 1 is 0.677 bits per heavy atom. The number of nitrogens with zero attached hydrogens (tertiary/aromatic N) is 8. The average molecular weight is 1430 g/mol. The number of nitrogens with two attached hydrogens (primary N) is 1. The van der Waals surface area contributed by atoms with Crippen LogP contribution in [-0.4, -0.2) is 143 Å². The van der Waals surface area contributed by atoms with Gasteiger partial charge in [-0.3, -0.25) is 43.3 Å². The zero-order chi connectivity index (χ0) is 69.2. The number of aliphatic hydroxyl groups is 1. The van der Waals surface area contributed by atoms with Gasteiger partial charge in [0.15, 0.2) is 0 Å². The van der Waals surface area contributed by atoms with Gasteiger partial charge in [-0.05, 0) is 56.2 Å². The fraction of sp³-hybridized carbons (Fsp3) is 0.387. The van der Waals surface area contributed by atoms with Crippen LogP contribution in [0.15, 0.2) is 64.0 Å². The van der Waals surface area contributed by atoms with Crippen molar-refractivity contribution in [1.82, 2.24) is 56.2 Å². The van der Waals surface area contributed by atoms with E-state index in [2.05, 4.69) is 31.2 Å². The molecule has 7 aromatic heterocycles. The molecule has 96 heavy (non-hydrogen) atoms. The number of carbonyl (C=O) groups is 9. The molecule has 0 fully saturated rings. The summed E-state index contributed by atoms with van der Waals surface area (Å²) in [7, 11) is 2.89. The highest BCUT2D eigenvalue weighted by Gasteiger charge is 2.32. The number of benzene rings is 1. The van der Waals surface area contributed by atoms with E-state index in [-0.39, 0.29) is 105 Å². The van der Waals surface area contributed by atoms with Crippen LogP contribution in [0.5, 0.6) is 0 Å². The van der Waals surface area contributed by atoms with Crippen LogP contribution in [0.25, 0.3) is 43.4 Å². The molecule has 6 amide bonds. The molecule has 4 atom stereocenters. The van der Waals surface area contributed by atoms with Crippen LogP contribution in [0.2, 0.25) is 0 Å². The molecule has 0 aliphatic carbocycles. The van der Waals surface area contributed by atoms with Gasteiger partial charge in [0.25, 0.3) is 17.7 Å². The number of unbranched alkanes of at least 4 members (excludes halogenated alkanes) is 2. The van der Waals surface area contributed by atoms with Gasteiger partial charge >= 0.3 is 24.0 Å². The van der Waals surface area contributed by atoms with Crippen molar-refractivity contribution in [3.05, 3.63) is 111 Å². The lowest BCUT2D eigenvalue weighted by Gasteiger charge is -2.22. The zero-order valence-electron chi connectivity index (χ0n) is 52.5. The molecule has 0 saturated heterocycles. The topological polar surface area (TPSA) is 421 Å². The van der Waals surface area contributed by atoms with E-state index in [9.17, 15) is 58.5 Å². The fourth-order valence-corrected chi connectivity index (χ4v) is 15.1. The van der Waals surface area contributed by atoms with Gasteiger partial charge in [0.1, 0.15) is 65.0 Å². The summed E-state index contributed by atoms with van der Waals surface area (Å²) < 4.78 is 11.0. The highest BCUT2D eigenvalue weighted by molar-refractivity contribution is 7.15. The van der Waals surface area contributed by atoms with Crippen LogP contribution in [0.1, 0.15) is 152 Å². The maximum absolute atomic E-state index is 14.4. The fourth-order valence-electron chi connectivity index (χ4n) is 9.61. The van der Waals surface area contributed by atoms with Crippen LogP contribution in [-0.2, 0) is 46.5 Å². The molecule has 1 unspecified atom stereocenters. The Bertz CT molecular complexity index is 4070. The highest BCUT2D eigenvalue weighted by atomic mass is 32.1. The molecule has 8 aromatic rings. The Labute approximate surface area is 573 Å². The molecular weight excluding hydrogens is 1360 g/mol. The van der Waals surface area contributed by atoms with Crippen molar-refractivity contribution < 1.29 is 73.1 Å². The van der Waals surface area contributed by atoms with Gasteiger partial charge in [-0.25, -0.2) is 39.7 Å². The van der Waals surface area contributed by atoms with Crippen LogP contribution < -0.4 is 31.9 Å². The molecule has 0 bridgehead atoms. The number of amides is 6. The molecule has 10 N–H and O–H groups in total. The predicted molar refractivity (Wildman–Crippen MR) is 361 cm³/mol. The third kappa shape index (κ3) is 20.1. The Balaban J connectivity index is 1.08. The van der Waals surface area contributed by atoms with Gasteiger partial charge in [0, 0.05) is 77.8 Å². The normalized spacial score (nSPS) is 12.5. The number of aliphatic hydroxyl groups excluding tert-OH is 1. The number of aliphatic carboxylic acids is 3. The molecule has 0 radical (unpaired) electrons. The van der Waals surface area contributed by atoms with Crippen LogP contribution >= 0.6 is 68.0 Å². The number of thiazole rings is 6. The lowest BCUT2D eigenvalue weighted by molar-refractivity contribution is -0.139. The monoisotopic (exact) mass is 1430 g/mol. The highest BCUT2D eigenvalue weighted by Crippen LogP contribution is 2.40. The lowest BCUT2D eigenvalue weighted by Crippen LogP contribution is -2.34. The minimum absolute atomic E-state index is 0.00655. The van der Waals surface area contributed by atoms with E-state index in [1.807, 2.05) is 49.6 Å². The predicted octanol–water partition coefficient (Wildman–Crippen LogP) is 9.10. The van der Waals surface area contributed by atoms with Gasteiger partial charge in [-0.2, -0.15) is 0 Å². The van der Waals surface area contributed by atoms with Gasteiger partial charge in [-0.1, -0.05) is 50.6 Å². The average Bonchev–Trinajstić information content (AvgIpc) is 1.61. The van der Waals surface area contributed by atoms with E-state index in [4.69, 9.17) is 45.2 Å². The zero-order valence-corrected chi connectivity index (χ0v) is 57.4. The van der Waals surface area contributed by atoms with Gasteiger partial charge in [0.2, 0.25) is 11.8 Å². The second-order valence-electron chi connectivity index (χ2n) is 22.1. The molecule has 0 spiro atoms. The van der Waals surface area contributed by atoms with E-state index in [0.29, 0.717) is 76.0 Å². The number of hydrogen-bond donors (Lipinski definition) is 9. The number of aromatic nitrogens is 7.